The van der Waals surface area contributed by atoms with Crippen LogP contribution in [0.25, 0.3) is 0 Å². The molecule has 0 saturated carbocycles. The van der Waals surface area contributed by atoms with E-state index in [1.165, 1.54) is 42.5 Å². The lowest BCUT2D eigenvalue weighted by Gasteiger charge is -1.99. The molecule has 38 heavy (non-hydrogen) atoms. The van der Waals surface area contributed by atoms with E-state index in [4.69, 9.17) is 0 Å². The molecule has 0 atom stereocenters. The van der Waals surface area contributed by atoms with Crippen LogP contribution in [0.3, 0.4) is 0 Å². The van der Waals surface area contributed by atoms with Crippen LogP contribution in [0.5, 0.6) is 0 Å². The van der Waals surface area contributed by atoms with Gasteiger partial charge in [-0.1, -0.05) is 25.0 Å². The van der Waals surface area contributed by atoms with Crippen LogP contribution in [0.4, 0.5) is 22.7 Å². The van der Waals surface area contributed by atoms with Crippen molar-refractivity contribution in [2.24, 2.45) is 30.0 Å². The van der Waals surface area contributed by atoms with Crippen molar-refractivity contribution in [3.63, 3.8) is 0 Å². The van der Waals surface area contributed by atoms with E-state index in [1.807, 2.05) is 0 Å². The van der Waals surface area contributed by atoms with Gasteiger partial charge in [0.15, 0.2) is 0 Å². The molecular weight excluding hydrogens is 492 g/mol. The number of rotatable bonds is 11. The third-order valence-corrected chi connectivity index (χ3v) is 4.56. The zero-order valence-electron chi connectivity index (χ0n) is 20.8. The lowest BCUT2D eigenvalue weighted by molar-refractivity contribution is 0.558. The molecule has 0 aliphatic carbocycles. The van der Waals surface area contributed by atoms with Gasteiger partial charge in [0.1, 0.15) is 0 Å². The second-order valence-electron chi connectivity index (χ2n) is 7.06. The molecule has 194 valence electrons. The maximum atomic E-state index is 10.00. The van der Waals surface area contributed by atoms with Gasteiger partial charge in [0.2, 0.25) is 36.5 Å². The summed E-state index contributed by atoms with van der Waals surface area (Å²) in [6.07, 6.45) is 12.5. The lowest BCUT2D eigenvalue weighted by atomic mass is 10.1. The van der Waals surface area contributed by atoms with Crippen LogP contribution in [0.15, 0.2) is 66.4 Å². The minimum atomic E-state index is 0.426. The van der Waals surface area contributed by atoms with Gasteiger partial charge >= 0.3 is 0 Å². The van der Waals surface area contributed by atoms with E-state index in [2.05, 4.69) is 30.0 Å². The molecule has 0 radical (unpaired) electrons. The molecule has 0 aliphatic heterocycles. The number of aliphatic imine (C=N–C) groups is 6. The van der Waals surface area contributed by atoms with Gasteiger partial charge in [-0.3, -0.25) is 0 Å². The van der Waals surface area contributed by atoms with Crippen molar-refractivity contribution in [2.75, 3.05) is 13.1 Å². The molecular formula is C26H24N6O6. The first-order valence-corrected chi connectivity index (χ1v) is 11.1. The summed E-state index contributed by atoms with van der Waals surface area (Å²) in [5.74, 6) is 0. The van der Waals surface area contributed by atoms with Crippen LogP contribution in [0, 0.1) is 13.8 Å². The molecule has 0 heterocycles. The van der Waals surface area contributed by atoms with Crippen molar-refractivity contribution < 1.29 is 28.8 Å². The molecule has 0 fully saturated rings. The van der Waals surface area contributed by atoms with Gasteiger partial charge in [-0.15, -0.1) is 0 Å². The van der Waals surface area contributed by atoms with Crippen LogP contribution in [0.2, 0.25) is 0 Å². The Morgan fingerprint density at radius 2 is 1.03 bits per heavy atom. The monoisotopic (exact) mass is 516 g/mol. The molecule has 0 N–H and O–H groups in total. The summed E-state index contributed by atoms with van der Waals surface area (Å²) in [6, 6.07) is 9.81. The largest absolute Gasteiger partial charge is 0.240 e. The maximum Gasteiger partial charge on any atom is 0.240 e. The van der Waals surface area contributed by atoms with E-state index in [0.717, 1.165) is 31.2 Å². The van der Waals surface area contributed by atoms with Gasteiger partial charge < -0.3 is 0 Å². The Morgan fingerprint density at radius 1 is 0.553 bits per heavy atom. The van der Waals surface area contributed by atoms with Crippen LogP contribution in [0.1, 0.15) is 36.8 Å². The third-order valence-electron chi connectivity index (χ3n) is 4.56. The number of aryl methyl sites for hydroxylation is 1. The van der Waals surface area contributed by atoms with E-state index in [9.17, 15) is 28.8 Å². The van der Waals surface area contributed by atoms with Gasteiger partial charge in [-0.25, -0.2) is 38.8 Å². The summed E-state index contributed by atoms with van der Waals surface area (Å²) in [5.41, 5.74) is 3.31. The zero-order valence-corrected chi connectivity index (χ0v) is 20.8. The molecule has 12 heteroatoms. The Labute approximate surface area is 218 Å². The van der Waals surface area contributed by atoms with Gasteiger partial charge in [0, 0.05) is 5.56 Å². The smallest absolute Gasteiger partial charge is 0.211 e. The third kappa shape index (κ3) is 14.9. The Hall–Kier alpha value is -5.28. The Balaban J connectivity index is 0.000000541. The number of carbonyl (C=O) groups excluding carboxylic acids is 6. The molecule has 2 aromatic carbocycles. The summed E-state index contributed by atoms with van der Waals surface area (Å²) < 4.78 is 0. The summed E-state index contributed by atoms with van der Waals surface area (Å²) in [4.78, 5) is 79.8. The highest BCUT2D eigenvalue weighted by atomic mass is 16.1. The van der Waals surface area contributed by atoms with Gasteiger partial charge in [0.25, 0.3) is 0 Å². The molecule has 0 bridgehead atoms. The fourth-order valence-corrected chi connectivity index (χ4v) is 2.67. The minimum absolute atomic E-state index is 0.426. The SMILES string of the molecule is Cc1c(N=C=O)cccc1N=C=O.Cc1ccc(N=C=O)cc1N=C=O.O=C=NCCCCCCN=C=O. The summed E-state index contributed by atoms with van der Waals surface area (Å²) in [7, 11) is 0. The first-order chi connectivity index (χ1) is 18.5. The number of isocyanates is 6. The highest BCUT2D eigenvalue weighted by molar-refractivity contribution is 5.65. The predicted octanol–water partition coefficient (Wildman–Crippen LogP) is 5.08. The number of nitrogens with zero attached hydrogens (tertiary/aromatic N) is 6. The average molecular weight is 517 g/mol. The van der Waals surface area contributed by atoms with Gasteiger partial charge in [-0.2, -0.15) is 20.0 Å². The van der Waals surface area contributed by atoms with E-state index in [0.29, 0.717) is 41.4 Å². The number of benzene rings is 2. The standard InChI is InChI=1S/2C9H6N2O2.C8H12N2O2/c1-7-2-3-8(10-5-12)4-9(7)11-6-13;1-7-8(10-5-12)3-2-4-9(7)11-6-13;11-7-9-5-3-1-2-4-6-10-8-12/h2*2-4H,1H3;1-6H2. The van der Waals surface area contributed by atoms with E-state index < -0.39 is 0 Å². The average Bonchev–Trinajstić information content (AvgIpc) is 2.91. The maximum absolute atomic E-state index is 10.00. The lowest BCUT2D eigenvalue weighted by Crippen LogP contribution is -1.84. The normalized spacial score (nSPS) is 8.37. The molecule has 0 amide bonds. The molecule has 2 aromatic rings. The molecule has 0 saturated heterocycles. The Bertz CT molecular complexity index is 1260. The van der Waals surface area contributed by atoms with Gasteiger partial charge in [0.05, 0.1) is 35.8 Å². The zero-order chi connectivity index (χ0) is 28.4. The van der Waals surface area contributed by atoms with Crippen molar-refractivity contribution in [1.82, 2.24) is 0 Å². The van der Waals surface area contributed by atoms with Crippen molar-refractivity contribution >= 4 is 59.2 Å². The quantitative estimate of drug-likeness (QED) is 0.228. The topological polar surface area (TPSA) is 177 Å². The molecule has 0 spiro atoms. The van der Waals surface area contributed by atoms with Crippen molar-refractivity contribution in [1.29, 1.82) is 0 Å². The van der Waals surface area contributed by atoms with E-state index >= 15 is 0 Å². The highest BCUT2D eigenvalue weighted by Crippen LogP contribution is 2.27. The minimum Gasteiger partial charge on any atom is -0.211 e. The predicted molar refractivity (Wildman–Crippen MR) is 138 cm³/mol. The fourth-order valence-electron chi connectivity index (χ4n) is 2.67. The summed E-state index contributed by atoms with van der Waals surface area (Å²) in [5, 5.41) is 0. The van der Waals surface area contributed by atoms with E-state index in [1.54, 1.807) is 44.2 Å². The van der Waals surface area contributed by atoms with Crippen LogP contribution >= 0.6 is 0 Å². The number of hydrogen-bond acceptors (Lipinski definition) is 12. The van der Waals surface area contributed by atoms with E-state index in [-0.39, 0.29) is 0 Å². The highest BCUT2D eigenvalue weighted by Gasteiger charge is 2.01. The first kappa shape index (κ1) is 32.7. The Morgan fingerprint density at radius 3 is 1.47 bits per heavy atom. The second kappa shape index (κ2) is 22.2. The van der Waals surface area contributed by atoms with Gasteiger partial charge in [-0.05, 0) is 56.5 Å². The summed E-state index contributed by atoms with van der Waals surface area (Å²) >= 11 is 0. The molecule has 2 rings (SSSR count). The summed E-state index contributed by atoms with van der Waals surface area (Å²) in [6.45, 7) is 4.62. The van der Waals surface area contributed by atoms with Crippen LogP contribution in [-0.2, 0) is 28.8 Å². The number of unbranched alkanes of at least 4 members (excludes halogenated alkanes) is 3. The fraction of sp³-hybridized carbons (Fsp3) is 0.308. The molecule has 12 nitrogen and oxygen atoms in total. The van der Waals surface area contributed by atoms with Crippen molar-refractivity contribution in [3.05, 3.63) is 47.5 Å². The molecule has 0 aromatic heterocycles. The first-order valence-electron chi connectivity index (χ1n) is 11.1. The van der Waals surface area contributed by atoms with Crippen molar-refractivity contribution in [2.45, 2.75) is 39.5 Å². The molecule has 0 unspecified atom stereocenters. The Kier molecular flexibility index (Phi) is 19.1. The van der Waals surface area contributed by atoms with Crippen LogP contribution in [-0.4, -0.2) is 49.6 Å². The van der Waals surface area contributed by atoms with Crippen LogP contribution < -0.4 is 0 Å². The molecule has 0 aliphatic rings. The second-order valence-corrected chi connectivity index (χ2v) is 7.06. The number of hydrogen-bond donors (Lipinski definition) is 0. The van der Waals surface area contributed by atoms with Crippen molar-refractivity contribution in [3.8, 4) is 0 Å².